The summed E-state index contributed by atoms with van der Waals surface area (Å²) in [5.74, 6) is -0.105. The highest BCUT2D eigenvalue weighted by Gasteiger charge is 2.40. The summed E-state index contributed by atoms with van der Waals surface area (Å²) in [5, 5.41) is 9.57. The number of carboxylic acid groups (broad SMARTS) is 1. The van der Waals surface area contributed by atoms with Gasteiger partial charge in [-0.1, -0.05) is 62.2 Å². The van der Waals surface area contributed by atoms with Crippen LogP contribution in [0.5, 0.6) is 0 Å². The number of carbonyl (C=O) groups is 1. The van der Waals surface area contributed by atoms with E-state index in [2.05, 4.69) is 6.92 Å². The van der Waals surface area contributed by atoms with E-state index < -0.39 is 11.4 Å². The second kappa shape index (κ2) is 6.05. The first kappa shape index (κ1) is 13.9. The summed E-state index contributed by atoms with van der Waals surface area (Å²) < 4.78 is 0. The molecular formula is C17H22O2. The molecule has 1 N–H and O–H groups in total. The molecule has 0 aromatic heterocycles. The third-order valence-corrected chi connectivity index (χ3v) is 4.16. The third-order valence-electron chi connectivity index (χ3n) is 4.16. The Labute approximate surface area is 115 Å². The summed E-state index contributed by atoms with van der Waals surface area (Å²) in [6.07, 6.45) is 8.52. The van der Waals surface area contributed by atoms with E-state index in [1.807, 2.05) is 42.5 Å². The lowest BCUT2D eigenvalue weighted by molar-refractivity contribution is -0.151. The van der Waals surface area contributed by atoms with Crippen molar-refractivity contribution in [2.75, 3.05) is 0 Å². The quantitative estimate of drug-likeness (QED) is 0.870. The van der Waals surface area contributed by atoms with Gasteiger partial charge in [-0.15, -0.1) is 0 Å². The predicted molar refractivity (Wildman–Crippen MR) is 77.8 cm³/mol. The van der Waals surface area contributed by atoms with Gasteiger partial charge in [-0.25, -0.2) is 0 Å². The standard InChI is InChI=1S/C17H22O2/c1-14-7-5-11-17(13-14,16(18)19)12-6-10-15-8-3-2-4-9-15/h2-4,6,8-10,14H,5,7,11-13H2,1H3,(H,18,19). The minimum atomic E-state index is -0.628. The number of allylic oxidation sites excluding steroid dienone is 1. The molecular weight excluding hydrogens is 236 g/mol. The Morgan fingerprint density at radius 3 is 2.79 bits per heavy atom. The Kier molecular flexibility index (Phi) is 4.41. The SMILES string of the molecule is CC1CCCC(CC=Cc2ccccc2)(C(=O)O)C1. The highest BCUT2D eigenvalue weighted by molar-refractivity contribution is 5.75. The fourth-order valence-electron chi connectivity index (χ4n) is 3.11. The first-order chi connectivity index (χ1) is 9.12. The second-order valence-corrected chi connectivity index (χ2v) is 5.80. The smallest absolute Gasteiger partial charge is 0.309 e. The molecule has 1 fully saturated rings. The maximum atomic E-state index is 11.6. The van der Waals surface area contributed by atoms with Crippen LogP contribution in [0.25, 0.3) is 6.08 Å². The van der Waals surface area contributed by atoms with E-state index >= 15 is 0 Å². The third kappa shape index (κ3) is 3.46. The van der Waals surface area contributed by atoms with Gasteiger partial charge in [0.05, 0.1) is 5.41 Å². The molecule has 2 unspecified atom stereocenters. The molecule has 2 heteroatoms. The first-order valence-electron chi connectivity index (χ1n) is 7.07. The predicted octanol–water partition coefficient (Wildman–Crippen LogP) is 4.37. The number of rotatable bonds is 4. The van der Waals surface area contributed by atoms with Crippen molar-refractivity contribution >= 4 is 12.0 Å². The highest BCUT2D eigenvalue weighted by atomic mass is 16.4. The Morgan fingerprint density at radius 1 is 1.42 bits per heavy atom. The van der Waals surface area contributed by atoms with Crippen molar-refractivity contribution in [2.45, 2.75) is 39.0 Å². The summed E-state index contributed by atoms with van der Waals surface area (Å²) in [7, 11) is 0. The molecule has 1 aromatic carbocycles. The molecule has 2 rings (SSSR count). The van der Waals surface area contributed by atoms with Crippen molar-refractivity contribution in [3.05, 3.63) is 42.0 Å². The maximum absolute atomic E-state index is 11.6. The summed E-state index contributed by atoms with van der Waals surface area (Å²) in [4.78, 5) is 11.6. The number of hydrogen-bond acceptors (Lipinski definition) is 1. The van der Waals surface area contributed by atoms with E-state index in [1.54, 1.807) is 0 Å². The van der Waals surface area contributed by atoms with Crippen LogP contribution in [-0.2, 0) is 4.79 Å². The molecule has 0 amide bonds. The average Bonchev–Trinajstić information content (AvgIpc) is 2.40. The van der Waals surface area contributed by atoms with Crippen LogP contribution in [-0.4, -0.2) is 11.1 Å². The van der Waals surface area contributed by atoms with Gasteiger partial charge in [-0.2, -0.15) is 0 Å². The molecule has 2 atom stereocenters. The van der Waals surface area contributed by atoms with Crippen molar-refractivity contribution < 1.29 is 9.90 Å². The zero-order valence-electron chi connectivity index (χ0n) is 11.5. The molecule has 0 radical (unpaired) electrons. The van der Waals surface area contributed by atoms with Crippen LogP contribution in [0.4, 0.5) is 0 Å². The second-order valence-electron chi connectivity index (χ2n) is 5.80. The van der Waals surface area contributed by atoms with Crippen molar-refractivity contribution in [1.29, 1.82) is 0 Å². The molecule has 1 aliphatic carbocycles. The number of aliphatic carboxylic acids is 1. The Bertz CT molecular complexity index is 450. The van der Waals surface area contributed by atoms with Gasteiger partial charge in [0.25, 0.3) is 0 Å². The molecule has 2 nitrogen and oxygen atoms in total. The van der Waals surface area contributed by atoms with E-state index in [4.69, 9.17) is 0 Å². The fourth-order valence-corrected chi connectivity index (χ4v) is 3.11. The first-order valence-corrected chi connectivity index (χ1v) is 7.07. The van der Waals surface area contributed by atoms with Crippen molar-refractivity contribution in [2.24, 2.45) is 11.3 Å². The van der Waals surface area contributed by atoms with Crippen molar-refractivity contribution in [3.63, 3.8) is 0 Å². The van der Waals surface area contributed by atoms with Crippen LogP contribution < -0.4 is 0 Å². The Morgan fingerprint density at radius 2 is 2.16 bits per heavy atom. The van der Waals surface area contributed by atoms with E-state index in [1.165, 1.54) is 0 Å². The monoisotopic (exact) mass is 258 g/mol. The van der Waals surface area contributed by atoms with Crippen molar-refractivity contribution in [1.82, 2.24) is 0 Å². The average molecular weight is 258 g/mol. The lowest BCUT2D eigenvalue weighted by Gasteiger charge is -2.35. The van der Waals surface area contributed by atoms with Gasteiger partial charge in [-0.3, -0.25) is 4.79 Å². The molecule has 1 aliphatic rings. The highest BCUT2D eigenvalue weighted by Crippen LogP contribution is 2.42. The topological polar surface area (TPSA) is 37.3 Å². The van der Waals surface area contributed by atoms with Gasteiger partial charge in [-0.05, 0) is 30.7 Å². The van der Waals surface area contributed by atoms with E-state index in [-0.39, 0.29) is 0 Å². The number of carboxylic acids is 1. The Hall–Kier alpha value is -1.57. The minimum Gasteiger partial charge on any atom is -0.481 e. The van der Waals surface area contributed by atoms with Crippen LogP contribution in [0.3, 0.4) is 0 Å². The molecule has 0 spiro atoms. The summed E-state index contributed by atoms with van der Waals surface area (Å²) in [6, 6.07) is 10.0. The maximum Gasteiger partial charge on any atom is 0.309 e. The largest absolute Gasteiger partial charge is 0.481 e. The van der Waals surface area contributed by atoms with Crippen molar-refractivity contribution in [3.8, 4) is 0 Å². The Balaban J connectivity index is 2.05. The van der Waals surface area contributed by atoms with Crippen LogP contribution >= 0.6 is 0 Å². The van der Waals surface area contributed by atoms with Crippen LogP contribution in [0, 0.1) is 11.3 Å². The van der Waals surface area contributed by atoms with Gasteiger partial charge in [0.2, 0.25) is 0 Å². The zero-order chi connectivity index (χ0) is 13.7. The van der Waals surface area contributed by atoms with Gasteiger partial charge in [0, 0.05) is 0 Å². The van der Waals surface area contributed by atoms with Crippen LogP contribution in [0.15, 0.2) is 36.4 Å². The van der Waals surface area contributed by atoms with E-state index in [0.717, 1.165) is 31.2 Å². The number of benzene rings is 1. The molecule has 0 saturated heterocycles. The lowest BCUT2D eigenvalue weighted by atomic mass is 9.68. The van der Waals surface area contributed by atoms with E-state index in [9.17, 15) is 9.90 Å². The van der Waals surface area contributed by atoms with Gasteiger partial charge in [0.15, 0.2) is 0 Å². The van der Waals surface area contributed by atoms with Gasteiger partial charge in [0.1, 0.15) is 0 Å². The number of hydrogen-bond donors (Lipinski definition) is 1. The van der Waals surface area contributed by atoms with Gasteiger partial charge < -0.3 is 5.11 Å². The normalized spacial score (nSPS) is 27.5. The van der Waals surface area contributed by atoms with Crippen LogP contribution in [0.2, 0.25) is 0 Å². The molecule has 1 saturated carbocycles. The molecule has 0 aliphatic heterocycles. The van der Waals surface area contributed by atoms with Crippen LogP contribution in [0.1, 0.15) is 44.6 Å². The molecule has 102 valence electrons. The fraction of sp³-hybridized carbons (Fsp3) is 0.471. The molecule has 19 heavy (non-hydrogen) atoms. The van der Waals surface area contributed by atoms with Gasteiger partial charge >= 0.3 is 5.97 Å². The lowest BCUT2D eigenvalue weighted by Crippen LogP contribution is -2.35. The summed E-state index contributed by atoms with van der Waals surface area (Å²) in [6.45, 7) is 2.16. The molecule has 0 bridgehead atoms. The summed E-state index contributed by atoms with van der Waals surface area (Å²) >= 11 is 0. The molecule has 1 aromatic rings. The summed E-state index contributed by atoms with van der Waals surface area (Å²) in [5.41, 5.74) is 0.593. The minimum absolute atomic E-state index is 0.523. The van der Waals surface area contributed by atoms with E-state index in [0.29, 0.717) is 12.3 Å². The molecule has 0 heterocycles. The zero-order valence-corrected chi connectivity index (χ0v) is 11.5.